The molecule has 0 saturated carbocycles. The lowest BCUT2D eigenvalue weighted by molar-refractivity contribution is 0.124. The Morgan fingerprint density at radius 3 is 2.91 bits per heavy atom. The minimum Gasteiger partial charge on any atom is -0.304 e. The van der Waals surface area contributed by atoms with Crippen LogP contribution in [0.1, 0.15) is 18.4 Å². The lowest BCUT2D eigenvalue weighted by Crippen LogP contribution is -2.43. The normalized spacial score (nSPS) is 25.7. The summed E-state index contributed by atoms with van der Waals surface area (Å²) in [6.07, 6.45) is 6.80. The first kappa shape index (κ1) is 15.2. The molecule has 3 saturated heterocycles. The zero-order valence-electron chi connectivity index (χ0n) is 13.5. The number of benzene rings is 1. The van der Waals surface area contributed by atoms with Crippen molar-refractivity contribution in [3.63, 3.8) is 0 Å². The molecule has 3 aliphatic rings. The van der Waals surface area contributed by atoms with Crippen LogP contribution in [0.25, 0.3) is 5.69 Å². The largest absolute Gasteiger partial charge is 0.304 e. The number of halogens is 1. The van der Waals surface area contributed by atoms with Crippen LogP contribution in [0, 0.1) is 5.92 Å². The number of nitrogens with zero attached hydrogens (tertiary/aromatic N) is 4. The molecule has 0 radical (unpaired) electrons. The molecule has 0 aliphatic carbocycles. The molecule has 2 bridgehead atoms. The zero-order valence-corrected chi connectivity index (χ0v) is 14.3. The summed E-state index contributed by atoms with van der Waals surface area (Å²) in [7, 11) is 2.25. The summed E-state index contributed by atoms with van der Waals surface area (Å²) < 4.78 is 1.89. The van der Waals surface area contributed by atoms with E-state index in [1.54, 1.807) is 0 Å². The Hall–Kier alpha value is -1.36. The molecule has 2 atom stereocenters. The molecule has 4 heterocycles. The highest BCUT2D eigenvalue weighted by Gasteiger charge is 2.33. The topological polar surface area (TPSA) is 24.3 Å². The third-order valence-corrected chi connectivity index (χ3v) is 5.45. The number of para-hydroxylation sites is 1. The highest BCUT2D eigenvalue weighted by atomic mass is 35.5. The maximum absolute atomic E-state index is 6.27. The van der Waals surface area contributed by atoms with Crippen LogP contribution in [0.3, 0.4) is 0 Å². The average molecular weight is 331 g/mol. The van der Waals surface area contributed by atoms with E-state index in [1.165, 1.54) is 38.0 Å². The van der Waals surface area contributed by atoms with Crippen LogP contribution in [0.4, 0.5) is 0 Å². The zero-order chi connectivity index (χ0) is 15.8. The van der Waals surface area contributed by atoms with E-state index in [4.69, 9.17) is 11.6 Å². The van der Waals surface area contributed by atoms with Crippen molar-refractivity contribution < 1.29 is 0 Å². The van der Waals surface area contributed by atoms with Crippen LogP contribution >= 0.6 is 11.6 Å². The van der Waals surface area contributed by atoms with E-state index in [0.717, 1.165) is 23.2 Å². The number of likely N-dealkylation sites (N-methyl/N-ethyl adjacent to an activating group) is 1. The van der Waals surface area contributed by atoms with E-state index in [-0.39, 0.29) is 0 Å². The molecular weight excluding hydrogens is 308 g/mol. The van der Waals surface area contributed by atoms with Gasteiger partial charge in [-0.3, -0.25) is 4.90 Å². The molecule has 5 heteroatoms. The van der Waals surface area contributed by atoms with Crippen LogP contribution in [-0.2, 0) is 6.54 Å². The van der Waals surface area contributed by atoms with E-state index in [1.807, 2.05) is 35.1 Å². The molecule has 3 fully saturated rings. The minimum atomic E-state index is 0.683. The smallest absolute Gasteiger partial charge is 0.0831 e. The van der Waals surface area contributed by atoms with Crippen LogP contribution < -0.4 is 0 Å². The van der Waals surface area contributed by atoms with Gasteiger partial charge in [0.25, 0.3) is 0 Å². The molecular formula is C18H23ClN4. The number of aromatic nitrogens is 2. The Balaban J connectivity index is 1.51. The molecule has 122 valence electrons. The monoisotopic (exact) mass is 330 g/mol. The molecule has 5 rings (SSSR count). The highest BCUT2D eigenvalue weighted by molar-refractivity contribution is 6.32. The molecule has 0 unspecified atom stereocenters. The van der Waals surface area contributed by atoms with Crippen molar-refractivity contribution in [2.45, 2.75) is 25.4 Å². The van der Waals surface area contributed by atoms with Crippen LogP contribution in [0.2, 0.25) is 5.02 Å². The average Bonchev–Trinajstić information content (AvgIpc) is 2.83. The van der Waals surface area contributed by atoms with Crippen molar-refractivity contribution >= 4 is 11.6 Å². The van der Waals surface area contributed by atoms with Gasteiger partial charge in [0.15, 0.2) is 0 Å². The summed E-state index contributed by atoms with van der Waals surface area (Å²) in [5.74, 6) is 0.817. The Morgan fingerprint density at radius 2 is 2.04 bits per heavy atom. The number of piperidine rings is 1. The number of fused-ring (bicyclic) bond motifs is 4. The second-order valence-corrected chi connectivity index (χ2v) is 7.40. The predicted octanol–water partition coefficient (Wildman–Crippen LogP) is 3.05. The molecule has 4 nitrogen and oxygen atoms in total. The van der Waals surface area contributed by atoms with Crippen molar-refractivity contribution in [1.29, 1.82) is 0 Å². The van der Waals surface area contributed by atoms with Crippen LogP contribution in [0.5, 0.6) is 0 Å². The fourth-order valence-corrected chi connectivity index (χ4v) is 4.28. The van der Waals surface area contributed by atoms with Crippen molar-refractivity contribution in [1.82, 2.24) is 19.6 Å². The quantitative estimate of drug-likeness (QED) is 0.864. The summed E-state index contributed by atoms with van der Waals surface area (Å²) in [6.45, 7) is 4.63. The predicted molar refractivity (Wildman–Crippen MR) is 93.0 cm³/mol. The van der Waals surface area contributed by atoms with Gasteiger partial charge < -0.3 is 4.90 Å². The molecule has 0 spiro atoms. The highest BCUT2D eigenvalue weighted by Crippen LogP contribution is 2.28. The fourth-order valence-electron chi connectivity index (χ4n) is 4.05. The van der Waals surface area contributed by atoms with Gasteiger partial charge in [-0.2, -0.15) is 5.10 Å². The summed E-state index contributed by atoms with van der Waals surface area (Å²) in [6, 6.07) is 8.53. The summed E-state index contributed by atoms with van der Waals surface area (Å²) in [4.78, 5) is 5.14. The molecule has 0 N–H and O–H groups in total. The van der Waals surface area contributed by atoms with Gasteiger partial charge in [-0.15, -0.1) is 0 Å². The van der Waals surface area contributed by atoms with E-state index in [9.17, 15) is 0 Å². The van der Waals surface area contributed by atoms with Gasteiger partial charge >= 0.3 is 0 Å². The number of hydrogen-bond donors (Lipinski definition) is 0. The Kier molecular flexibility index (Phi) is 4.14. The SMILES string of the molecule is CN1C[C@H]2CC[C@@H](C1)N(Cc1cnn(-c3ccccc3Cl)c1)C2. The second-order valence-electron chi connectivity index (χ2n) is 6.99. The van der Waals surface area contributed by atoms with Crippen molar-refractivity contribution in [3.05, 3.63) is 47.2 Å². The summed E-state index contributed by atoms with van der Waals surface area (Å²) in [5, 5.41) is 5.24. The molecule has 23 heavy (non-hydrogen) atoms. The minimum absolute atomic E-state index is 0.683. The van der Waals surface area contributed by atoms with Gasteiger partial charge in [-0.25, -0.2) is 4.68 Å². The molecule has 1 aromatic heterocycles. The van der Waals surface area contributed by atoms with Crippen molar-refractivity contribution in [2.75, 3.05) is 26.7 Å². The van der Waals surface area contributed by atoms with Gasteiger partial charge in [-0.05, 0) is 37.9 Å². The Labute approximate surface area is 142 Å². The third-order valence-electron chi connectivity index (χ3n) is 5.13. The van der Waals surface area contributed by atoms with Gasteiger partial charge in [0.2, 0.25) is 0 Å². The lowest BCUT2D eigenvalue weighted by Gasteiger charge is -2.35. The molecule has 3 aliphatic heterocycles. The Bertz CT molecular complexity index is 683. The first-order valence-electron chi connectivity index (χ1n) is 8.40. The van der Waals surface area contributed by atoms with Crippen molar-refractivity contribution in [2.24, 2.45) is 5.92 Å². The van der Waals surface area contributed by atoms with E-state index in [2.05, 4.69) is 28.1 Å². The number of rotatable bonds is 3. The molecule has 1 aromatic carbocycles. The second kappa shape index (κ2) is 6.27. The van der Waals surface area contributed by atoms with Gasteiger partial charge in [-0.1, -0.05) is 23.7 Å². The van der Waals surface area contributed by atoms with Gasteiger partial charge in [0.1, 0.15) is 0 Å². The molecule has 0 amide bonds. The maximum atomic E-state index is 6.27. The number of hydrogen-bond acceptors (Lipinski definition) is 3. The van der Waals surface area contributed by atoms with Crippen LogP contribution in [-0.4, -0.2) is 52.3 Å². The third kappa shape index (κ3) is 3.16. The first-order chi connectivity index (χ1) is 11.2. The van der Waals surface area contributed by atoms with E-state index >= 15 is 0 Å². The Morgan fingerprint density at radius 1 is 1.17 bits per heavy atom. The standard InChI is InChI=1S/C18H23ClN4/c1-21-9-14-6-7-16(13-21)22(10-14)11-15-8-20-23(12-15)18-5-3-2-4-17(18)19/h2-5,8,12,14,16H,6-7,9-11,13H2,1H3/t14-,16+/m1/s1. The maximum Gasteiger partial charge on any atom is 0.0831 e. The van der Waals surface area contributed by atoms with Gasteiger partial charge in [0.05, 0.1) is 16.9 Å². The summed E-state index contributed by atoms with van der Waals surface area (Å²) >= 11 is 6.27. The first-order valence-corrected chi connectivity index (χ1v) is 8.78. The van der Waals surface area contributed by atoms with Crippen molar-refractivity contribution in [3.8, 4) is 5.69 Å². The van der Waals surface area contributed by atoms with E-state index < -0.39 is 0 Å². The summed E-state index contributed by atoms with van der Waals surface area (Å²) in [5.41, 5.74) is 2.21. The molecule has 2 aromatic rings. The fraction of sp³-hybridized carbons (Fsp3) is 0.500. The van der Waals surface area contributed by atoms with Crippen LogP contribution in [0.15, 0.2) is 36.7 Å². The van der Waals surface area contributed by atoms with E-state index in [0.29, 0.717) is 6.04 Å². The lowest BCUT2D eigenvalue weighted by atomic mass is 9.95. The van der Waals surface area contributed by atoms with Gasteiger partial charge in [0, 0.05) is 44.0 Å².